The summed E-state index contributed by atoms with van der Waals surface area (Å²) in [6, 6.07) is 9.94. The first kappa shape index (κ1) is 21.2. The van der Waals surface area contributed by atoms with Crippen molar-refractivity contribution in [3.05, 3.63) is 53.6 Å². The maximum absolute atomic E-state index is 12.4. The van der Waals surface area contributed by atoms with Gasteiger partial charge in [0.05, 0.1) is 19.4 Å². The number of hydrogen-bond acceptors (Lipinski definition) is 4. The minimum atomic E-state index is -2.94. The monoisotopic (exact) mass is 391 g/mol. The SMILES string of the molecule is CCCOc1cc(C)ccc1NC(=O)C=Cc1ccc(OC(F)F)c(OC)c1. The molecule has 2 aromatic rings. The molecule has 0 saturated heterocycles. The molecule has 0 aromatic heterocycles. The van der Waals surface area contributed by atoms with Crippen LogP contribution in [0.15, 0.2) is 42.5 Å². The zero-order chi connectivity index (χ0) is 20.5. The molecule has 0 aliphatic rings. The first-order valence-corrected chi connectivity index (χ1v) is 8.78. The highest BCUT2D eigenvalue weighted by Gasteiger charge is 2.11. The zero-order valence-electron chi connectivity index (χ0n) is 16.0. The summed E-state index contributed by atoms with van der Waals surface area (Å²) in [6.45, 7) is 1.55. The van der Waals surface area contributed by atoms with Crippen molar-refractivity contribution in [1.29, 1.82) is 0 Å². The standard InChI is InChI=1S/C21H23F2NO4/c1-4-11-27-18-12-14(2)5-8-16(18)24-20(25)10-7-15-6-9-17(28-21(22)23)19(13-15)26-3/h5-10,12-13,21H,4,11H2,1-3H3,(H,24,25). The van der Waals surface area contributed by atoms with Gasteiger partial charge < -0.3 is 19.5 Å². The Bertz CT molecular complexity index is 837. The van der Waals surface area contributed by atoms with Crippen LogP contribution >= 0.6 is 0 Å². The molecule has 0 aliphatic heterocycles. The molecule has 1 N–H and O–H groups in total. The molecular formula is C21H23F2NO4. The van der Waals surface area contributed by atoms with E-state index < -0.39 is 6.61 Å². The highest BCUT2D eigenvalue weighted by atomic mass is 19.3. The second-order valence-electron chi connectivity index (χ2n) is 5.96. The minimum Gasteiger partial charge on any atom is -0.493 e. The van der Waals surface area contributed by atoms with Gasteiger partial charge in [-0.25, -0.2) is 0 Å². The van der Waals surface area contributed by atoms with Crippen LogP contribution in [-0.4, -0.2) is 26.2 Å². The van der Waals surface area contributed by atoms with Gasteiger partial charge in [-0.2, -0.15) is 8.78 Å². The van der Waals surface area contributed by atoms with Crippen molar-refractivity contribution < 1.29 is 27.8 Å². The number of nitrogens with one attached hydrogen (secondary N) is 1. The molecule has 0 unspecified atom stereocenters. The van der Waals surface area contributed by atoms with Crippen LogP contribution in [0, 0.1) is 6.92 Å². The van der Waals surface area contributed by atoms with E-state index in [9.17, 15) is 13.6 Å². The molecule has 0 fully saturated rings. The Morgan fingerprint density at radius 2 is 1.93 bits per heavy atom. The predicted molar refractivity (Wildman–Crippen MR) is 104 cm³/mol. The van der Waals surface area contributed by atoms with Crippen molar-refractivity contribution in [2.75, 3.05) is 19.0 Å². The number of methoxy groups -OCH3 is 1. The van der Waals surface area contributed by atoms with Crippen LogP contribution in [0.1, 0.15) is 24.5 Å². The molecule has 0 spiro atoms. The van der Waals surface area contributed by atoms with E-state index in [4.69, 9.17) is 9.47 Å². The molecule has 0 saturated carbocycles. The van der Waals surface area contributed by atoms with Gasteiger partial charge in [-0.15, -0.1) is 0 Å². The summed E-state index contributed by atoms with van der Waals surface area (Å²) in [5, 5.41) is 2.78. The highest BCUT2D eigenvalue weighted by molar-refractivity contribution is 6.02. The quantitative estimate of drug-likeness (QED) is 0.608. The molecule has 150 valence electrons. The number of halogens is 2. The number of benzene rings is 2. The average Bonchev–Trinajstić information content (AvgIpc) is 2.66. The lowest BCUT2D eigenvalue weighted by molar-refractivity contribution is -0.111. The largest absolute Gasteiger partial charge is 0.493 e. The summed E-state index contributed by atoms with van der Waals surface area (Å²) in [7, 11) is 1.35. The lowest BCUT2D eigenvalue weighted by Gasteiger charge is -2.12. The van der Waals surface area contributed by atoms with E-state index in [1.54, 1.807) is 18.2 Å². The van der Waals surface area contributed by atoms with Gasteiger partial charge in [0.1, 0.15) is 5.75 Å². The fraction of sp³-hybridized carbons (Fsp3) is 0.286. The molecule has 28 heavy (non-hydrogen) atoms. The Balaban J connectivity index is 2.10. The third kappa shape index (κ3) is 6.26. The van der Waals surface area contributed by atoms with Crippen molar-refractivity contribution in [1.82, 2.24) is 0 Å². The second kappa shape index (κ2) is 10.3. The summed E-state index contributed by atoms with van der Waals surface area (Å²) < 4.78 is 39.9. The Morgan fingerprint density at radius 3 is 2.61 bits per heavy atom. The molecule has 0 heterocycles. The lowest BCUT2D eigenvalue weighted by atomic mass is 10.2. The maximum Gasteiger partial charge on any atom is 0.387 e. The van der Waals surface area contributed by atoms with E-state index in [-0.39, 0.29) is 17.4 Å². The maximum atomic E-state index is 12.4. The number of alkyl halides is 2. The number of ether oxygens (including phenoxy) is 3. The molecule has 7 heteroatoms. The Hall–Kier alpha value is -3.09. The Labute approximate surface area is 162 Å². The predicted octanol–water partition coefficient (Wildman–Crippen LogP) is 5.05. The van der Waals surface area contributed by atoms with Crippen molar-refractivity contribution in [2.45, 2.75) is 26.9 Å². The molecule has 2 aromatic carbocycles. The smallest absolute Gasteiger partial charge is 0.387 e. The van der Waals surface area contributed by atoms with Crippen LogP contribution < -0.4 is 19.5 Å². The summed E-state index contributed by atoms with van der Waals surface area (Å²) in [5.41, 5.74) is 2.20. The van der Waals surface area contributed by atoms with Gasteiger partial charge in [0, 0.05) is 6.08 Å². The molecule has 0 radical (unpaired) electrons. The second-order valence-corrected chi connectivity index (χ2v) is 5.96. The van der Waals surface area contributed by atoms with Gasteiger partial charge in [0.2, 0.25) is 5.91 Å². The molecule has 1 amide bonds. The zero-order valence-corrected chi connectivity index (χ0v) is 16.0. The van der Waals surface area contributed by atoms with Crippen LogP contribution in [0.25, 0.3) is 6.08 Å². The first-order chi connectivity index (χ1) is 13.4. The van der Waals surface area contributed by atoms with Crippen LogP contribution in [0.3, 0.4) is 0 Å². The highest BCUT2D eigenvalue weighted by Crippen LogP contribution is 2.30. The summed E-state index contributed by atoms with van der Waals surface area (Å²) in [5.74, 6) is 0.337. The first-order valence-electron chi connectivity index (χ1n) is 8.78. The fourth-order valence-electron chi connectivity index (χ4n) is 2.39. The molecule has 5 nitrogen and oxygen atoms in total. The van der Waals surface area contributed by atoms with Crippen molar-refractivity contribution in [3.8, 4) is 17.2 Å². The van der Waals surface area contributed by atoms with Gasteiger partial charge in [0.25, 0.3) is 0 Å². The number of anilines is 1. The number of hydrogen-bond donors (Lipinski definition) is 1. The third-order valence-electron chi connectivity index (χ3n) is 3.69. The van der Waals surface area contributed by atoms with Crippen molar-refractivity contribution in [2.24, 2.45) is 0 Å². The normalized spacial score (nSPS) is 10.9. The van der Waals surface area contributed by atoms with E-state index in [1.165, 1.54) is 25.3 Å². The number of aryl methyl sites for hydroxylation is 1. The number of amides is 1. The average molecular weight is 391 g/mol. The topological polar surface area (TPSA) is 56.8 Å². The summed E-state index contributed by atoms with van der Waals surface area (Å²) in [4.78, 5) is 12.3. The van der Waals surface area contributed by atoms with Gasteiger partial charge in [-0.3, -0.25) is 4.79 Å². The van der Waals surface area contributed by atoms with E-state index in [0.29, 0.717) is 23.6 Å². The van der Waals surface area contributed by atoms with Gasteiger partial charge >= 0.3 is 6.61 Å². The van der Waals surface area contributed by atoms with Gasteiger partial charge in [-0.1, -0.05) is 19.1 Å². The fourth-order valence-corrected chi connectivity index (χ4v) is 2.39. The number of rotatable bonds is 9. The van der Waals surface area contributed by atoms with Crippen molar-refractivity contribution >= 4 is 17.7 Å². The third-order valence-corrected chi connectivity index (χ3v) is 3.69. The van der Waals surface area contributed by atoms with E-state index in [1.807, 2.05) is 26.0 Å². The van der Waals surface area contributed by atoms with E-state index in [0.717, 1.165) is 12.0 Å². The Morgan fingerprint density at radius 1 is 1.14 bits per heavy atom. The van der Waals surface area contributed by atoms with Gasteiger partial charge in [-0.05, 0) is 54.8 Å². The minimum absolute atomic E-state index is 0.0727. The van der Waals surface area contributed by atoms with E-state index >= 15 is 0 Å². The molecule has 0 atom stereocenters. The van der Waals surface area contributed by atoms with Crippen LogP contribution in [0.2, 0.25) is 0 Å². The molecular weight excluding hydrogens is 368 g/mol. The number of carbonyl (C=O) groups excluding carboxylic acids is 1. The molecule has 0 aliphatic carbocycles. The van der Waals surface area contributed by atoms with E-state index in [2.05, 4.69) is 10.1 Å². The van der Waals surface area contributed by atoms with Crippen LogP contribution in [-0.2, 0) is 4.79 Å². The Kier molecular flexibility index (Phi) is 7.80. The van der Waals surface area contributed by atoms with Crippen LogP contribution in [0.4, 0.5) is 14.5 Å². The lowest BCUT2D eigenvalue weighted by Crippen LogP contribution is -2.10. The van der Waals surface area contributed by atoms with Crippen molar-refractivity contribution in [3.63, 3.8) is 0 Å². The molecule has 2 rings (SSSR count). The van der Waals surface area contributed by atoms with Gasteiger partial charge in [0.15, 0.2) is 11.5 Å². The summed E-state index contributed by atoms with van der Waals surface area (Å²) in [6.07, 6.45) is 3.74. The number of carbonyl (C=O) groups is 1. The molecule has 0 bridgehead atoms. The summed E-state index contributed by atoms with van der Waals surface area (Å²) >= 11 is 0. The van der Waals surface area contributed by atoms with Crippen LogP contribution in [0.5, 0.6) is 17.2 Å².